The highest BCUT2D eigenvalue weighted by molar-refractivity contribution is 5.95. The summed E-state index contributed by atoms with van der Waals surface area (Å²) >= 11 is 0. The van der Waals surface area contributed by atoms with E-state index >= 15 is 0 Å². The van der Waals surface area contributed by atoms with E-state index in [1.165, 1.54) is 10.9 Å². The molecule has 1 saturated heterocycles. The van der Waals surface area contributed by atoms with E-state index in [0.29, 0.717) is 35.8 Å². The van der Waals surface area contributed by atoms with Gasteiger partial charge in [-0.3, -0.25) is 9.59 Å². The summed E-state index contributed by atoms with van der Waals surface area (Å²) < 4.78 is 12.7. The molecule has 1 amide bonds. The van der Waals surface area contributed by atoms with Crippen molar-refractivity contribution in [3.05, 3.63) is 70.1 Å². The van der Waals surface area contributed by atoms with Gasteiger partial charge < -0.3 is 24.6 Å². The molecule has 0 aliphatic carbocycles. The number of aryl methyl sites for hydroxylation is 2. The van der Waals surface area contributed by atoms with Crippen LogP contribution in [-0.4, -0.2) is 65.8 Å². The molecule has 1 aromatic heterocycles. The number of amides is 1. The molecule has 1 fully saturated rings. The molecule has 0 spiro atoms. The Morgan fingerprint density at radius 2 is 1.76 bits per heavy atom. The number of methoxy groups -OCH3 is 1. The predicted molar refractivity (Wildman–Crippen MR) is 130 cm³/mol. The second-order valence-electron chi connectivity index (χ2n) is 8.37. The number of carbonyl (C=O) groups is 1. The first-order valence-electron chi connectivity index (χ1n) is 11.1. The highest BCUT2D eigenvalue weighted by Crippen LogP contribution is 2.35. The summed E-state index contributed by atoms with van der Waals surface area (Å²) in [5.41, 5.74) is 2.03. The number of aromatic nitrogens is 2. The second-order valence-corrected chi connectivity index (χ2v) is 8.37. The minimum atomic E-state index is -0.362. The van der Waals surface area contributed by atoms with E-state index in [0.717, 1.165) is 18.7 Å². The van der Waals surface area contributed by atoms with Crippen molar-refractivity contribution in [2.75, 3.05) is 45.7 Å². The lowest BCUT2D eigenvalue weighted by Crippen LogP contribution is -2.47. The maximum absolute atomic E-state index is 13.0. The number of hydrogen-bond acceptors (Lipinski definition) is 7. The third-order valence-electron chi connectivity index (χ3n) is 5.81. The molecule has 4 rings (SSSR count). The topological polar surface area (TPSA) is 88.9 Å². The molecule has 9 heteroatoms. The third-order valence-corrected chi connectivity index (χ3v) is 5.81. The summed E-state index contributed by atoms with van der Waals surface area (Å²) in [6.45, 7) is 5.03. The average molecular weight is 464 g/mol. The average Bonchev–Trinajstić information content (AvgIpc) is 2.84. The summed E-state index contributed by atoms with van der Waals surface area (Å²) in [5.74, 6) is 1.23. The minimum Gasteiger partial charge on any atom is -0.493 e. The molecule has 0 atom stereocenters. The summed E-state index contributed by atoms with van der Waals surface area (Å²) in [5, 5.41) is 7.23. The third kappa shape index (κ3) is 5.04. The van der Waals surface area contributed by atoms with Gasteiger partial charge in [0.2, 0.25) is 0 Å². The normalized spacial score (nSPS) is 14.1. The monoisotopic (exact) mass is 463 g/mol. The van der Waals surface area contributed by atoms with Crippen LogP contribution in [0.2, 0.25) is 0 Å². The summed E-state index contributed by atoms with van der Waals surface area (Å²) in [4.78, 5) is 30.0. The zero-order chi connectivity index (χ0) is 24.2. The highest BCUT2D eigenvalue weighted by atomic mass is 16.5. The molecule has 0 unspecified atom stereocenters. The lowest BCUT2D eigenvalue weighted by molar-refractivity contribution is 0.0664. The number of piperazine rings is 1. The first kappa shape index (κ1) is 23.3. The molecule has 34 heavy (non-hydrogen) atoms. The fourth-order valence-corrected chi connectivity index (χ4v) is 3.76. The Balaban J connectivity index is 1.62. The zero-order valence-corrected chi connectivity index (χ0v) is 19.9. The number of nitrogens with one attached hydrogen (secondary N) is 1. The molecule has 178 valence electrons. The van der Waals surface area contributed by atoms with Gasteiger partial charge in [-0.15, -0.1) is 0 Å². The fourth-order valence-electron chi connectivity index (χ4n) is 3.76. The van der Waals surface area contributed by atoms with Crippen LogP contribution in [0.1, 0.15) is 15.9 Å². The predicted octanol–water partition coefficient (Wildman–Crippen LogP) is 3.02. The molecule has 1 aliphatic rings. The molecule has 0 saturated carbocycles. The van der Waals surface area contributed by atoms with Crippen LogP contribution >= 0.6 is 0 Å². The van der Waals surface area contributed by atoms with Gasteiger partial charge in [-0.1, -0.05) is 12.1 Å². The van der Waals surface area contributed by atoms with E-state index in [9.17, 15) is 9.59 Å². The van der Waals surface area contributed by atoms with Gasteiger partial charge >= 0.3 is 0 Å². The van der Waals surface area contributed by atoms with E-state index < -0.39 is 0 Å². The molecular formula is C25H29N5O4. The zero-order valence-electron chi connectivity index (χ0n) is 19.9. The van der Waals surface area contributed by atoms with Crippen LogP contribution < -0.4 is 20.3 Å². The number of ether oxygens (including phenoxy) is 2. The Morgan fingerprint density at radius 1 is 1.00 bits per heavy atom. The van der Waals surface area contributed by atoms with Crippen LogP contribution in [0.5, 0.6) is 17.2 Å². The number of anilines is 2. The van der Waals surface area contributed by atoms with Crippen molar-refractivity contribution in [3.8, 4) is 17.2 Å². The number of hydrogen-bond donors (Lipinski definition) is 1. The van der Waals surface area contributed by atoms with Gasteiger partial charge in [0.1, 0.15) is 0 Å². The number of benzene rings is 2. The van der Waals surface area contributed by atoms with E-state index in [1.54, 1.807) is 44.5 Å². The van der Waals surface area contributed by atoms with E-state index in [4.69, 9.17) is 9.47 Å². The summed E-state index contributed by atoms with van der Waals surface area (Å²) in [6, 6.07) is 12.7. The number of nitrogens with zero attached hydrogens (tertiary/aromatic N) is 4. The molecule has 2 heterocycles. The van der Waals surface area contributed by atoms with Gasteiger partial charge in [0, 0.05) is 44.5 Å². The number of rotatable bonds is 6. The maximum Gasteiger partial charge on any atom is 0.294 e. The second kappa shape index (κ2) is 9.96. The fraction of sp³-hybridized carbons (Fsp3) is 0.320. The van der Waals surface area contributed by atoms with Crippen molar-refractivity contribution in [3.63, 3.8) is 0 Å². The van der Waals surface area contributed by atoms with Crippen molar-refractivity contribution >= 4 is 17.3 Å². The summed E-state index contributed by atoms with van der Waals surface area (Å²) in [6.07, 6.45) is 1.47. The van der Waals surface area contributed by atoms with Crippen molar-refractivity contribution in [1.82, 2.24) is 19.6 Å². The SMILES string of the molecule is COc1cc(C)ccc1Oc1cnn(C)c(=O)c1Nc1cccc(C(=O)N2CCN(C)CC2)c1. The van der Waals surface area contributed by atoms with Gasteiger partial charge in [-0.25, -0.2) is 4.68 Å². The van der Waals surface area contributed by atoms with Crippen LogP contribution in [0.25, 0.3) is 0 Å². The number of likely N-dealkylation sites (N-methyl/N-ethyl adjacent to an activating group) is 1. The van der Waals surface area contributed by atoms with Crippen molar-refractivity contribution < 1.29 is 14.3 Å². The number of carbonyl (C=O) groups excluding carboxylic acids is 1. The Morgan fingerprint density at radius 3 is 2.50 bits per heavy atom. The minimum absolute atomic E-state index is 0.0275. The molecule has 9 nitrogen and oxygen atoms in total. The molecule has 3 aromatic rings. The van der Waals surface area contributed by atoms with Gasteiger partial charge in [0.15, 0.2) is 22.9 Å². The van der Waals surface area contributed by atoms with Crippen LogP contribution in [0.15, 0.2) is 53.5 Å². The standard InChI is InChI=1S/C25H29N5O4/c1-17-8-9-20(21(14-17)33-4)34-22-16-26-29(3)25(32)23(22)27-19-7-5-6-18(15-19)24(31)30-12-10-28(2)11-13-30/h5-9,14-16,27H,10-13H2,1-4H3. The lowest BCUT2D eigenvalue weighted by atomic mass is 10.1. The van der Waals surface area contributed by atoms with Crippen molar-refractivity contribution in [1.29, 1.82) is 0 Å². The van der Waals surface area contributed by atoms with E-state index in [-0.39, 0.29) is 22.9 Å². The van der Waals surface area contributed by atoms with Crippen LogP contribution in [0, 0.1) is 6.92 Å². The first-order valence-corrected chi connectivity index (χ1v) is 11.1. The smallest absolute Gasteiger partial charge is 0.294 e. The van der Waals surface area contributed by atoms with E-state index in [1.807, 2.05) is 31.0 Å². The Bertz CT molecular complexity index is 1250. The Hall–Kier alpha value is -3.85. The molecule has 2 aromatic carbocycles. The molecular weight excluding hydrogens is 434 g/mol. The van der Waals surface area contributed by atoms with Crippen LogP contribution in [0.3, 0.4) is 0 Å². The van der Waals surface area contributed by atoms with Crippen molar-refractivity contribution in [2.45, 2.75) is 6.92 Å². The Labute approximate surface area is 198 Å². The van der Waals surface area contributed by atoms with Crippen molar-refractivity contribution in [2.24, 2.45) is 7.05 Å². The van der Waals surface area contributed by atoms with E-state index in [2.05, 4.69) is 15.3 Å². The molecule has 0 radical (unpaired) electrons. The molecule has 0 bridgehead atoms. The van der Waals surface area contributed by atoms with Gasteiger partial charge in [-0.05, 0) is 49.9 Å². The summed E-state index contributed by atoms with van der Waals surface area (Å²) in [7, 11) is 5.18. The van der Waals surface area contributed by atoms with Gasteiger partial charge in [-0.2, -0.15) is 5.10 Å². The molecule has 1 aliphatic heterocycles. The van der Waals surface area contributed by atoms with Gasteiger partial charge in [0.25, 0.3) is 11.5 Å². The Kier molecular flexibility index (Phi) is 6.83. The van der Waals surface area contributed by atoms with Crippen LogP contribution in [0.4, 0.5) is 11.4 Å². The lowest BCUT2D eigenvalue weighted by Gasteiger charge is -2.32. The van der Waals surface area contributed by atoms with Gasteiger partial charge in [0.05, 0.1) is 13.3 Å². The largest absolute Gasteiger partial charge is 0.493 e. The highest BCUT2D eigenvalue weighted by Gasteiger charge is 2.21. The maximum atomic E-state index is 13.0. The quantitative estimate of drug-likeness (QED) is 0.601. The van der Waals surface area contributed by atoms with Crippen LogP contribution in [-0.2, 0) is 7.05 Å². The first-order chi connectivity index (χ1) is 16.4. The molecule has 1 N–H and O–H groups in total.